The van der Waals surface area contributed by atoms with E-state index in [4.69, 9.17) is 10.5 Å². The molecule has 5 heteroatoms. The van der Waals surface area contributed by atoms with Crippen LogP contribution < -0.4 is 11.1 Å². The van der Waals surface area contributed by atoms with E-state index in [0.29, 0.717) is 11.5 Å². The van der Waals surface area contributed by atoms with E-state index in [9.17, 15) is 4.79 Å². The number of carbonyl (C=O) groups is 1. The van der Waals surface area contributed by atoms with E-state index in [1.807, 2.05) is 25.7 Å². The van der Waals surface area contributed by atoms with Crippen LogP contribution in [-0.4, -0.2) is 48.8 Å². The number of hydrogen-bond acceptors (Lipinski definition) is 4. The van der Waals surface area contributed by atoms with E-state index < -0.39 is 5.60 Å². The third-order valence-corrected chi connectivity index (χ3v) is 4.55. The molecule has 3 N–H and O–H groups in total. The lowest BCUT2D eigenvalue weighted by molar-refractivity contribution is 0.00510. The Balaban J connectivity index is 1.82. The Morgan fingerprint density at radius 1 is 1.35 bits per heavy atom. The number of carbonyl (C=O) groups excluding carboxylic acids is 1. The molecule has 0 aromatic carbocycles. The number of rotatable bonds is 1. The summed E-state index contributed by atoms with van der Waals surface area (Å²) in [5.74, 6) is 0. The van der Waals surface area contributed by atoms with Crippen LogP contribution in [0.25, 0.3) is 0 Å². The number of piperidine rings is 2. The molecule has 1 amide bonds. The van der Waals surface area contributed by atoms with Gasteiger partial charge in [-0.15, -0.1) is 0 Å². The van der Waals surface area contributed by atoms with Crippen LogP contribution in [0.4, 0.5) is 4.79 Å². The van der Waals surface area contributed by atoms with Crippen molar-refractivity contribution in [3.05, 3.63) is 0 Å². The van der Waals surface area contributed by atoms with Gasteiger partial charge in [-0.2, -0.15) is 0 Å². The summed E-state index contributed by atoms with van der Waals surface area (Å²) in [4.78, 5) is 13.9. The maximum Gasteiger partial charge on any atom is 0.410 e. The zero-order valence-corrected chi connectivity index (χ0v) is 13.1. The standard InChI is InChI=1S/C15H29N3O2/c1-14(2,3)20-13(19)18-8-6-15(7-9-18)5-4-12(10-16)17-11-15/h12,17H,4-11,16H2,1-3H3. The van der Waals surface area contributed by atoms with Crippen LogP contribution in [0.3, 0.4) is 0 Å². The SMILES string of the molecule is CC(C)(C)OC(=O)N1CCC2(CCC(CN)NC2)CC1. The maximum absolute atomic E-state index is 12.1. The van der Waals surface area contributed by atoms with Crippen LogP contribution in [0.1, 0.15) is 46.5 Å². The lowest BCUT2D eigenvalue weighted by Crippen LogP contribution is -2.53. The number of nitrogens with one attached hydrogen (secondary N) is 1. The zero-order valence-electron chi connectivity index (χ0n) is 13.1. The van der Waals surface area contributed by atoms with Crippen molar-refractivity contribution in [3.63, 3.8) is 0 Å². The van der Waals surface area contributed by atoms with E-state index in [0.717, 1.165) is 45.4 Å². The van der Waals surface area contributed by atoms with E-state index >= 15 is 0 Å². The Bertz CT molecular complexity index is 334. The highest BCUT2D eigenvalue weighted by Gasteiger charge is 2.39. The average molecular weight is 283 g/mol. The average Bonchev–Trinajstić information content (AvgIpc) is 2.38. The van der Waals surface area contributed by atoms with Crippen molar-refractivity contribution in [3.8, 4) is 0 Å². The topological polar surface area (TPSA) is 67.6 Å². The van der Waals surface area contributed by atoms with Crippen molar-refractivity contribution in [2.45, 2.75) is 58.1 Å². The molecule has 0 saturated carbocycles. The van der Waals surface area contributed by atoms with Crippen molar-refractivity contribution in [1.29, 1.82) is 0 Å². The number of ether oxygens (including phenoxy) is 1. The van der Waals surface area contributed by atoms with Gasteiger partial charge in [0.15, 0.2) is 0 Å². The molecule has 20 heavy (non-hydrogen) atoms. The minimum Gasteiger partial charge on any atom is -0.444 e. The molecule has 116 valence electrons. The van der Waals surface area contributed by atoms with E-state index in [1.165, 1.54) is 6.42 Å². The van der Waals surface area contributed by atoms with Gasteiger partial charge in [-0.3, -0.25) is 0 Å². The van der Waals surface area contributed by atoms with Gasteiger partial charge in [0.1, 0.15) is 5.60 Å². The number of amides is 1. The Morgan fingerprint density at radius 3 is 2.45 bits per heavy atom. The van der Waals surface area contributed by atoms with Crippen LogP contribution >= 0.6 is 0 Å². The molecule has 2 fully saturated rings. The van der Waals surface area contributed by atoms with Crippen LogP contribution in [0.15, 0.2) is 0 Å². The molecular weight excluding hydrogens is 254 g/mol. The smallest absolute Gasteiger partial charge is 0.410 e. The molecule has 1 unspecified atom stereocenters. The monoisotopic (exact) mass is 283 g/mol. The quantitative estimate of drug-likeness (QED) is 0.769. The molecular formula is C15H29N3O2. The lowest BCUT2D eigenvalue weighted by atomic mass is 9.72. The maximum atomic E-state index is 12.1. The molecule has 5 nitrogen and oxygen atoms in total. The second-order valence-corrected chi connectivity index (χ2v) is 7.32. The van der Waals surface area contributed by atoms with Crippen molar-refractivity contribution in [1.82, 2.24) is 10.2 Å². The molecule has 2 aliphatic heterocycles. The van der Waals surface area contributed by atoms with Gasteiger partial charge in [-0.25, -0.2) is 4.79 Å². The van der Waals surface area contributed by atoms with Gasteiger partial charge in [0, 0.05) is 32.2 Å². The van der Waals surface area contributed by atoms with Gasteiger partial charge in [-0.05, 0) is 51.9 Å². The van der Waals surface area contributed by atoms with Crippen molar-refractivity contribution in [2.75, 3.05) is 26.2 Å². The first-order valence-electron chi connectivity index (χ1n) is 7.75. The molecule has 2 heterocycles. The minimum absolute atomic E-state index is 0.170. The summed E-state index contributed by atoms with van der Waals surface area (Å²) >= 11 is 0. The number of nitrogens with two attached hydrogens (primary N) is 1. The largest absolute Gasteiger partial charge is 0.444 e. The molecule has 1 atom stereocenters. The minimum atomic E-state index is -0.410. The summed E-state index contributed by atoms with van der Waals surface area (Å²) in [5, 5.41) is 3.55. The second kappa shape index (κ2) is 5.90. The Labute approximate surface area is 122 Å². The fraction of sp³-hybridized carbons (Fsp3) is 0.933. The number of nitrogens with zero attached hydrogens (tertiary/aromatic N) is 1. The van der Waals surface area contributed by atoms with E-state index in [1.54, 1.807) is 0 Å². The van der Waals surface area contributed by atoms with Gasteiger partial charge in [0.2, 0.25) is 0 Å². The summed E-state index contributed by atoms with van der Waals surface area (Å²) in [6.45, 7) is 9.11. The van der Waals surface area contributed by atoms with Gasteiger partial charge in [-0.1, -0.05) is 0 Å². The summed E-state index contributed by atoms with van der Waals surface area (Å²) in [7, 11) is 0. The Kier molecular flexibility index (Phi) is 4.59. The second-order valence-electron chi connectivity index (χ2n) is 7.32. The lowest BCUT2D eigenvalue weighted by Gasteiger charge is -2.46. The fourth-order valence-corrected chi connectivity index (χ4v) is 3.15. The summed E-state index contributed by atoms with van der Waals surface area (Å²) in [6, 6.07) is 0.476. The van der Waals surface area contributed by atoms with Gasteiger partial charge in [0.25, 0.3) is 0 Å². The molecule has 2 saturated heterocycles. The summed E-state index contributed by atoms with van der Waals surface area (Å²) in [6.07, 6.45) is 4.34. The molecule has 1 spiro atoms. The van der Waals surface area contributed by atoms with Crippen molar-refractivity contribution >= 4 is 6.09 Å². The highest BCUT2D eigenvalue weighted by molar-refractivity contribution is 5.68. The van der Waals surface area contributed by atoms with Gasteiger partial charge < -0.3 is 20.7 Å². The first-order valence-corrected chi connectivity index (χ1v) is 7.75. The first kappa shape index (κ1) is 15.6. The van der Waals surface area contributed by atoms with E-state index in [2.05, 4.69) is 5.32 Å². The van der Waals surface area contributed by atoms with Crippen molar-refractivity contribution < 1.29 is 9.53 Å². The van der Waals surface area contributed by atoms with Gasteiger partial charge >= 0.3 is 6.09 Å². The summed E-state index contributed by atoms with van der Waals surface area (Å²) < 4.78 is 5.44. The fourth-order valence-electron chi connectivity index (χ4n) is 3.15. The molecule has 0 bridgehead atoms. The van der Waals surface area contributed by atoms with Crippen molar-refractivity contribution in [2.24, 2.45) is 11.1 Å². The number of hydrogen-bond donors (Lipinski definition) is 2. The molecule has 2 aliphatic rings. The zero-order chi connectivity index (χ0) is 14.8. The number of likely N-dealkylation sites (tertiary alicyclic amines) is 1. The highest BCUT2D eigenvalue weighted by atomic mass is 16.6. The molecule has 0 radical (unpaired) electrons. The highest BCUT2D eigenvalue weighted by Crippen LogP contribution is 2.38. The van der Waals surface area contributed by atoms with Crippen LogP contribution in [-0.2, 0) is 4.74 Å². The predicted octanol–water partition coefficient (Wildman–Crippen LogP) is 1.71. The van der Waals surface area contributed by atoms with E-state index in [-0.39, 0.29) is 6.09 Å². The molecule has 0 aromatic heterocycles. The third kappa shape index (κ3) is 3.85. The van der Waals surface area contributed by atoms with Crippen LogP contribution in [0, 0.1) is 5.41 Å². The molecule has 0 aliphatic carbocycles. The Hall–Kier alpha value is -0.810. The normalized spacial score (nSPS) is 26.6. The summed E-state index contributed by atoms with van der Waals surface area (Å²) in [5.41, 5.74) is 5.67. The molecule has 2 rings (SSSR count). The van der Waals surface area contributed by atoms with Crippen LogP contribution in [0.5, 0.6) is 0 Å². The molecule has 0 aromatic rings. The third-order valence-electron chi connectivity index (χ3n) is 4.55. The van der Waals surface area contributed by atoms with Gasteiger partial charge in [0.05, 0.1) is 0 Å². The van der Waals surface area contributed by atoms with Crippen LogP contribution in [0.2, 0.25) is 0 Å². The predicted molar refractivity (Wildman–Crippen MR) is 79.6 cm³/mol. The first-order chi connectivity index (χ1) is 9.34. The Morgan fingerprint density at radius 2 is 2.00 bits per heavy atom.